The molecule has 3 aromatic carbocycles. The monoisotopic (exact) mass is 487 g/mol. The lowest BCUT2D eigenvalue weighted by molar-refractivity contribution is 0.0782. The lowest BCUT2D eigenvalue weighted by atomic mass is 10.1. The number of nitrogens with one attached hydrogen (secondary N) is 1. The van der Waals surface area contributed by atoms with Crippen LogP contribution in [0, 0.1) is 5.82 Å². The molecule has 1 saturated heterocycles. The number of halogens is 1. The van der Waals surface area contributed by atoms with Crippen molar-refractivity contribution >= 4 is 17.0 Å². The molecule has 0 spiro atoms. The molecule has 2 atom stereocenters. The Kier molecular flexibility index (Phi) is 7.30. The summed E-state index contributed by atoms with van der Waals surface area (Å²) in [6.07, 6.45) is 1.60. The predicted molar refractivity (Wildman–Crippen MR) is 137 cm³/mol. The summed E-state index contributed by atoms with van der Waals surface area (Å²) in [4.78, 5) is 19.8. The second-order valence-electron chi connectivity index (χ2n) is 9.29. The van der Waals surface area contributed by atoms with Crippen LogP contribution in [0.3, 0.4) is 0 Å². The molecule has 6 nitrogen and oxygen atoms in total. The number of rotatable bonds is 8. The molecule has 0 radical (unpaired) electrons. The van der Waals surface area contributed by atoms with E-state index in [1.807, 2.05) is 60.8 Å². The second kappa shape index (κ2) is 10.9. The van der Waals surface area contributed by atoms with Crippen molar-refractivity contribution in [3.05, 3.63) is 108 Å². The Morgan fingerprint density at radius 1 is 1.03 bits per heavy atom. The molecule has 7 heteroatoms. The summed E-state index contributed by atoms with van der Waals surface area (Å²) in [5.41, 5.74) is 4.00. The minimum absolute atomic E-state index is 0.185. The van der Waals surface area contributed by atoms with Gasteiger partial charge in [0.1, 0.15) is 12.4 Å². The Hall–Kier alpha value is -3.68. The SMILES string of the molecule is O=C(OCc1ccccc1)N1C[C@H](O)[C@@H](N(CCc2c[nH]c3ccccc23)Cc2cccc(F)c2)C1. The van der Waals surface area contributed by atoms with E-state index in [0.29, 0.717) is 19.6 Å². The number of amides is 1. The summed E-state index contributed by atoms with van der Waals surface area (Å²) >= 11 is 0. The van der Waals surface area contributed by atoms with Crippen LogP contribution in [0.4, 0.5) is 9.18 Å². The van der Waals surface area contributed by atoms with Gasteiger partial charge in [-0.15, -0.1) is 0 Å². The number of aromatic nitrogens is 1. The van der Waals surface area contributed by atoms with Gasteiger partial charge in [0.25, 0.3) is 0 Å². The zero-order valence-corrected chi connectivity index (χ0v) is 20.0. The number of hydrogen-bond acceptors (Lipinski definition) is 4. The molecule has 1 aliphatic rings. The Bertz CT molecular complexity index is 1310. The second-order valence-corrected chi connectivity index (χ2v) is 9.29. The van der Waals surface area contributed by atoms with Gasteiger partial charge in [-0.1, -0.05) is 60.7 Å². The van der Waals surface area contributed by atoms with E-state index in [9.17, 15) is 14.3 Å². The lowest BCUT2D eigenvalue weighted by Gasteiger charge is -2.30. The first-order valence-corrected chi connectivity index (χ1v) is 12.2. The molecule has 5 rings (SSSR count). The number of β-amino-alcohol motifs (C(OH)–C–C–N with tert-alkyl or cyclic N) is 1. The van der Waals surface area contributed by atoms with Crippen LogP contribution in [0.25, 0.3) is 10.9 Å². The number of para-hydroxylation sites is 1. The third-order valence-corrected chi connectivity index (χ3v) is 6.81. The number of benzene rings is 3. The van der Waals surface area contributed by atoms with Crippen LogP contribution < -0.4 is 0 Å². The summed E-state index contributed by atoms with van der Waals surface area (Å²) in [6, 6.07) is 23.9. The van der Waals surface area contributed by atoms with Gasteiger partial charge in [-0.25, -0.2) is 9.18 Å². The molecule has 1 amide bonds. The van der Waals surface area contributed by atoms with Crippen LogP contribution in [-0.4, -0.2) is 57.8 Å². The summed E-state index contributed by atoms with van der Waals surface area (Å²) in [5.74, 6) is -0.290. The fourth-order valence-corrected chi connectivity index (χ4v) is 4.92. The maximum atomic E-state index is 13.9. The van der Waals surface area contributed by atoms with E-state index >= 15 is 0 Å². The van der Waals surface area contributed by atoms with Gasteiger partial charge in [-0.05, 0) is 41.3 Å². The molecule has 1 fully saturated rings. The van der Waals surface area contributed by atoms with Crippen molar-refractivity contribution in [3.63, 3.8) is 0 Å². The molecule has 2 heterocycles. The first-order valence-electron chi connectivity index (χ1n) is 12.2. The van der Waals surface area contributed by atoms with Gasteiger partial charge >= 0.3 is 6.09 Å². The molecule has 2 N–H and O–H groups in total. The summed E-state index contributed by atoms with van der Waals surface area (Å²) in [5, 5.41) is 12.1. The highest BCUT2D eigenvalue weighted by atomic mass is 19.1. The van der Waals surface area contributed by atoms with Gasteiger partial charge in [0.15, 0.2) is 0 Å². The van der Waals surface area contributed by atoms with Gasteiger partial charge in [0.2, 0.25) is 0 Å². The number of carbonyl (C=O) groups is 1. The Morgan fingerprint density at radius 3 is 2.64 bits per heavy atom. The molecule has 186 valence electrons. The third-order valence-electron chi connectivity index (χ3n) is 6.81. The first kappa shape index (κ1) is 24.0. The average Bonchev–Trinajstić information content (AvgIpc) is 3.49. The van der Waals surface area contributed by atoms with Crippen LogP contribution >= 0.6 is 0 Å². The van der Waals surface area contributed by atoms with E-state index in [4.69, 9.17) is 4.74 Å². The van der Waals surface area contributed by atoms with Gasteiger partial charge < -0.3 is 19.7 Å². The molecule has 1 aromatic heterocycles. The van der Waals surface area contributed by atoms with E-state index < -0.39 is 12.2 Å². The van der Waals surface area contributed by atoms with E-state index in [1.54, 1.807) is 11.0 Å². The minimum atomic E-state index is -0.731. The Morgan fingerprint density at radius 2 is 1.81 bits per heavy atom. The van der Waals surface area contributed by atoms with Crippen LogP contribution in [0.15, 0.2) is 85.1 Å². The number of carbonyl (C=O) groups excluding carboxylic acids is 1. The Balaban J connectivity index is 1.29. The van der Waals surface area contributed by atoms with Crippen LogP contribution in [0.5, 0.6) is 0 Å². The van der Waals surface area contributed by atoms with E-state index in [1.165, 1.54) is 23.1 Å². The lowest BCUT2D eigenvalue weighted by Crippen LogP contribution is -2.44. The highest BCUT2D eigenvalue weighted by Crippen LogP contribution is 2.23. The number of aromatic amines is 1. The standard InChI is InChI=1S/C29H30FN3O3/c30-24-10-6-9-22(15-24)17-32(14-13-23-16-31-26-12-5-4-11-25(23)26)27-18-33(19-28(27)34)29(35)36-20-21-7-2-1-3-8-21/h1-12,15-16,27-28,31,34H,13-14,17-20H2/t27-,28-/m0/s1. The number of H-pyrrole nitrogens is 1. The largest absolute Gasteiger partial charge is 0.445 e. The normalized spacial score (nSPS) is 17.7. The highest BCUT2D eigenvalue weighted by Gasteiger charge is 2.38. The van der Waals surface area contributed by atoms with E-state index in [-0.39, 0.29) is 25.0 Å². The highest BCUT2D eigenvalue weighted by molar-refractivity contribution is 5.83. The van der Waals surface area contributed by atoms with Crippen molar-refractivity contribution in [1.29, 1.82) is 0 Å². The van der Waals surface area contributed by atoms with E-state index in [2.05, 4.69) is 16.0 Å². The van der Waals surface area contributed by atoms with Crippen molar-refractivity contribution in [3.8, 4) is 0 Å². The van der Waals surface area contributed by atoms with Gasteiger partial charge in [-0.3, -0.25) is 4.90 Å². The molecular formula is C29H30FN3O3. The zero-order valence-electron chi connectivity index (χ0n) is 20.0. The molecular weight excluding hydrogens is 457 g/mol. The van der Waals surface area contributed by atoms with E-state index in [0.717, 1.165) is 23.1 Å². The molecule has 0 unspecified atom stereocenters. The van der Waals surface area contributed by atoms with Crippen LogP contribution in [0.1, 0.15) is 16.7 Å². The number of aliphatic hydroxyl groups is 1. The zero-order chi connectivity index (χ0) is 24.9. The number of aliphatic hydroxyl groups excluding tert-OH is 1. The fraction of sp³-hybridized carbons (Fsp3) is 0.276. The molecule has 1 aliphatic heterocycles. The number of likely N-dealkylation sites (tertiary alicyclic amines) is 1. The van der Waals surface area contributed by atoms with Crippen LogP contribution in [-0.2, 0) is 24.3 Å². The van der Waals surface area contributed by atoms with Crippen molar-refractivity contribution in [1.82, 2.24) is 14.8 Å². The van der Waals surface area contributed by atoms with Crippen LogP contribution in [0.2, 0.25) is 0 Å². The van der Waals surface area contributed by atoms with Crippen molar-refractivity contribution in [2.24, 2.45) is 0 Å². The molecule has 0 aliphatic carbocycles. The van der Waals surface area contributed by atoms with Crippen molar-refractivity contribution in [2.45, 2.75) is 31.7 Å². The topological polar surface area (TPSA) is 68.8 Å². The molecule has 0 saturated carbocycles. The smallest absolute Gasteiger partial charge is 0.410 e. The fourth-order valence-electron chi connectivity index (χ4n) is 4.92. The van der Waals surface area contributed by atoms with Gasteiger partial charge in [0, 0.05) is 36.7 Å². The Labute approximate surface area is 209 Å². The van der Waals surface area contributed by atoms with Gasteiger partial charge in [0.05, 0.1) is 18.7 Å². The first-order chi connectivity index (χ1) is 17.6. The third kappa shape index (κ3) is 5.58. The predicted octanol–water partition coefficient (Wildman–Crippen LogP) is 4.73. The number of hydrogen-bond donors (Lipinski definition) is 2. The van der Waals surface area contributed by atoms with Crippen molar-refractivity contribution in [2.75, 3.05) is 19.6 Å². The average molecular weight is 488 g/mol. The van der Waals surface area contributed by atoms with Crippen molar-refractivity contribution < 1.29 is 19.0 Å². The minimum Gasteiger partial charge on any atom is -0.445 e. The molecule has 4 aromatic rings. The summed E-state index contributed by atoms with van der Waals surface area (Å²) < 4.78 is 19.4. The quantitative estimate of drug-likeness (QED) is 0.377. The van der Waals surface area contributed by atoms with Gasteiger partial charge in [-0.2, -0.15) is 0 Å². The summed E-state index contributed by atoms with van der Waals surface area (Å²) in [7, 11) is 0. The number of ether oxygens (including phenoxy) is 1. The number of nitrogens with zero attached hydrogens (tertiary/aromatic N) is 2. The molecule has 36 heavy (non-hydrogen) atoms. The maximum Gasteiger partial charge on any atom is 0.410 e. The molecule has 0 bridgehead atoms. The maximum absolute atomic E-state index is 13.9. The number of fused-ring (bicyclic) bond motifs is 1. The summed E-state index contributed by atoms with van der Waals surface area (Å²) in [6.45, 7) is 1.84.